The van der Waals surface area contributed by atoms with E-state index in [4.69, 9.17) is 4.74 Å². The molecule has 1 atom stereocenters. The number of nitrogens with zero attached hydrogens (tertiary/aromatic N) is 3. The van der Waals surface area contributed by atoms with E-state index >= 15 is 0 Å². The van der Waals surface area contributed by atoms with Gasteiger partial charge in [0.1, 0.15) is 18.2 Å². The van der Waals surface area contributed by atoms with E-state index in [0.717, 1.165) is 11.3 Å². The lowest BCUT2D eigenvalue weighted by molar-refractivity contribution is 0.249. The molecule has 0 aliphatic rings. The van der Waals surface area contributed by atoms with Crippen molar-refractivity contribution in [3.63, 3.8) is 0 Å². The van der Waals surface area contributed by atoms with Crippen LogP contribution in [0.5, 0.6) is 5.88 Å². The van der Waals surface area contributed by atoms with Gasteiger partial charge in [-0.05, 0) is 36.8 Å². The van der Waals surface area contributed by atoms with E-state index in [1.165, 1.54) is 12.1 Å². The van der Waals surface area contributed by atoms with E-state index in [1.807, 2.05) is 25.1 Å². The summed E-state index contributed by atoms with van der Waals surface area (Å²) < 4.78 is 18.7. The van der Waals surface area contributed by atoms with Crippen molar-refractivity contribution in [2.45, 2.75) is 19.6 Å². The average Bonchev–Trinajstić information content (AvgIpc) is 3.15. The quantitative estimate of drug-likeness (QED) is 0.450. The molecule has 4 aromatic rings. The van der Waals surface area contributed by atoms with Gasteiger partial charge < -0.3 is 10.1 Å². The summed E-state index contributed by atoms with van der Waals surface area (Å²) in [5, 5.41) is 13.2. The van der Waals surface area contributed by atoms with Crippen molar-refractivity contribution in [3.8, 4) is 5.88 Å². The second-order valence-electron chi connectivity index (χ2n) is 6.63. The summed E-state index contributed by atoms with van der Waals surface area (Å²) in [6, 6.07) is 12.5. The number of pyridine rings is 2. The maximum Gasteiger partial charge on any atom is 0.320 e. The summed E-state index contributed by atoms with van der Waals surface area (Å²) in [7, 11) is 0. The molecule has 8 nitrogen and oxygen atoms in total. The molecule has 0 fully saturated rings. The number of hydrogen-bond donors (Lipinski definition) is 3. The molecular formula is C21H19FN6O2. The molecule has 0 spiro atoms. The molecule has 1 unspecified atom stereocenters. The molecule has 4 rings (SSSR count). The summed E-state index contributed by atoms with van der Waals surface area (Å²) in [5.41, 5.74) is 2.24. The molecule has 0 saturated heterocycles. The van der Waals surface area contributed by atoms with Crippen LogP contribution in [0.15, 0.2) is 60.9 Å². The fraction of sp³-hybridized carbons (Fsp3) is 0.143. The number of aromatic nitrogens is 4. The van der Waals surface area contributed by atoms with Gasteiger partial charge >= 0.3 is 6.03 Å². The van der Waals surface area contributed by atoms with Gasteiger partial charge in [0.25, 0.3) is 0 Å². The molecule has 1 aromatic carbocycles. The molecule has 3 heterocycles. The minimum absolute atomic E-state index is 0.282. The first-order valence-electron chi connectivity index (χ1n) is 9.28. The third-order valence-electron chi connectivity index (χ3n) is 4.45. The molecule has 3 N–H and O–H groups in total. The lowest BCUT2D eigenvalue weighted by Crippen LogP contribution is -2.31. The number of nitrogens with one attached hydrogen (secondary N) is 3. The van der Waals surface area contributed by atoms with Gasteiger partial charge in [0.2, 0.25) is 5.88 Å². The van der Waals surface area contributed by atoms with Gasteiger partial charge in [-0.25, -0.2) is 14.2 Å². The number of H-pyrrole nitrogens is 1. The zero-order valence-electron chi connectivity index (χ0n) is 16.1. The van der Waals surface area contributed by atoms with Crippen molar-refractivity contribution in [2.24, 2.45) is 0 Å². The number of urea groups is 1. The lowest BCUT2D eigenvalue weighted by atomic mass is 10.1. The molecule has 0 radical (unpaired) electrons. The second kappa shape index (κ2) is 8.56. The highest BCUT2D eigenvalue weighted by atomic mass is 19.1. The minimum Gasteiger partial charge on any atom is -0.470 e. The molecule has 0 bridgehead atoms. The highest BCUT2D eigenvalue weighted by molar-refractivity contribution is 5.92. The SMILES string of the molecule is CC(NC(=O)Nc1cc2[nH]nc(OCc3ccccn3)c2cn1)c1ccc(F)cc1. The molecule has 3 aromatic heterocycles. The summed E-state index contributed by atoms with van der Waals surface area (Å²) in [6.07, 6.45) is 3.27. The van der Waals surface area contributed by atoms with E-state index in [-0.39, 0.29) is 18.5 Å². The molecule has 0 aliphatic carbocycles. The van der Waals surface area contributed by atoms with Gasteiger partial charge in [0.15, 0.2) is 0 Å². The number of ether oxygens (including phenoxy) is 1. The van der Waals surface area contributed by atoms with Crippen LogP contribution in [0.3, 0.4) is 0 Å². The number of aromatic amines is 1. The van der Waals surface area contributed by atoms with Crippen molar-refractivity contribution in [3.05, 3.63) is 78.0 Å². The maximum absolute atomic E-state index is 13.0. The Morgan fingerprint density at radius 3 is 2.80 bits per heavy atom. The molecule has 30 heavy (non-hydrogen) atoms. The van der Waals surface area contributed by atoms with Gasteiger partial charge in [0, 0.05) is 18.5 Å². The topological polar surface area (TPSA) is 105 Å². The van der Waals surface area contributed by atoms with E-state index in [1.54, 1.807) is 30.6 Å². The predicted octanol–water partition coefficient (Wildman–Crippen LogP) is 3.95. The van der Waals surface area contributed by atoms with Crippen LogP contribution in [0.1, 0.15) is 24.2 Å². The number of anilines is 1. The smallest absolute Gasteiger partial charge is 0.320 e. The number of fused-ring (bicyclic) bond motifs is 1. The molecule has 0 aliphatic heterocycles. The number of amides is 2. The van der Waals surface area contributed by atoms with Crippen LogP contribution >= 0.6 is 0 Å². The Hall–Kier alpha value is -4.01. The number of halogens is 1. The molecule has 2 amide bonds. The highest BCUT2D eigenvalue weighted by Gasteiger charge is 2.13. The van der Waals surface area contributed by atoms with Crippen molar-refractivity contribution in [1.29, 1.82) is 0 Å². The largest absolute Gasteiger partial charge is 0.470 e. The minimum atomic E-state index is -0.426. The maximum atomic E-state index is 13.0. The van der Waals surface area contributed by atoms with Crippen LogP contribution in [0.2, 0.25) is 0 Å². The number of rotatable bonds is 6. The Morgan fingerprint density at radius 2 is 2.03 bits per heavy atom. The molecular weight excluding hydrogens is 387 g/mol. The third-order valence-corrected chi connectivity index (χ3v) is 4.45. The van der Waals surface area contributed by atoms with Gasteiger partial charge in [-0.2, -0.15) is 0 Å². The molecule has 0 saturated carbocycles. The number of carbonyl (C=O) groups excluding carboxylic acids is 1. The van der Waals surface area contributed by atoms with Crippen LogP contribution in [-0.4, -0.2) is 26.2 Å². The fourth-order valence-corrected chi connectivity index (χ4v) is 2.88. The van der Waals surface area contributed by atoms with Crippen LogP contribution < -0.4 is 15.4 Å². The Labute approximate surface area is 171 Å². The van der Waals surface area contributed by atoms with Gasteiger partial charge in [0.05, 0.1) is 22.6 Å². The summed E-state index contributed by atoms with van der Waals surface area (Å²) in [4.78, 5) is 20.7. The average molecular weight is 406 g/mol. The van der Waals surface area contributed by atoms with E-state index in [2.05, 4.69) is 30.8 Å². The van der Waals surface area contributed by atoms with Gasteiger partial charge in [-0.3, -0.25) is 15.4 Å². The Bertz CT molecular complexity index is 1150. The monoisotopic (exact) mass is 406 g/mol. The number of carbonyl (C=O) groups is 1. The fourth-order valence-electron chi connectivity index (χ4n) is 2.88. The van der Waals surface area contributed by atoms with Crippen molar-refractivity contribution in [2.75, 3.05) is 5.32 Å². The molecule has 9 heteroatoms. The van der Waals surface area contributed by atoms with E-state index in [0.29, 0.717) is 22.6 Å². The first-order valence-corrected chi connectivity index (χ1v) is 9.28. The second-order valence-corrected chi connectivity index (χ2v) is 6.63. The number of hydrogen-bond acceptors (Lipinski definition) is 5. The zero-order chi connectivity index (χ0) is 20.9. The van der Waals surface area contributed by atoms with Gasteiger partial charge in [-0.1, -0.05) is 18.2 Å². The van der Waals surface area contributed by atoms with Crippen LogP contribution in [-0.2, 0) is 6.61 Å². The number of benzene rings is 1. The van der Waals surface area contributed by atoms with Gasteiger partial charge in [-0.15, -0.1) is 5.10 Å². The lowest BCUT2D eigenvalue weighted by Gasteiger charge is -2.14. The van der Waals surface area contributed by atoms with Crippen LogP contribution in [0, 0.1) is 5.82 Å². The summed E-state index contributed by atoms with van der Waals surface area (Å²) >= 11 is 0. The van der Waals surface area contributed by atoms with Crippen LogP contribution in [0.25, 0.3) is 10.9 Å². The highest BCUT2D eigenvalue weighted by Crippen LogP contribution is 2.24. The summed E-state index contributed by atoms with van der Waals surface area (Å²) in [6.45, 7) is 2.09. The first kappa shape index (κ1) is 19.3. The first-order chi connectivity index (χ1) is 14.6. The Morgan fingerprint density at radius 1 is 1.20 bits per heavy atom. The van der Waals surface area contributed by atoms with E-state index < -0.39 is 6.03 Å². The summed E-state index contributed by atoms with van der Waals surface area (Å²) in [5.74, 6) is 0.436. The predicted molar refractivity (Wildman–Crippen MR) is 109 cm³/mol. The zero-order valence-corrected chi connectivity index (χ0v) is 16.1. The van der Waals surface area contributed by atoms with Crippen molar-refractivity contribution in [1.82, 2.24) is 25.5 Å². The Kier molecular flexibility index (Phi) is 5.51. The van der Waals surface area contributed by atoms with Crippen molar-refractivity contribution >= 4 is 22.8 Å². The molecule has 152 valence electrons. The van der Waals surface area contributed by atoms with Crippen molar-refractivity contribution < 1.29 is 13.9 Å². The Balaban J connectivity index is 1.38. The third kappa shape index (κ3) is 4.52. The van der Waals surface area contributed by atoms with Crippen LogP contribution in [0.4, 0.5) is 15.0 Å². The van der Waals surface area contributed by atoms with E-state index in [9.17, 15) is 9.18 Å². The normalized spacial score (nSPS) is 11.8. The standard InChI is InChI=1S/C21H19FN6O2/c1-13(14-5-7-15(22)8-6-14)25-21(29)26-19-10-18-17(11-24-19)20(28-27-18)30-12-16-4-2-3-9-23-16/h2-11,13H,12H2,1H3,(H,27,28)(H2,24,25,26,29).